The van der Waals surface area contributed by atoms with Crippen LogP contribution in [0, 0.1) is 5.92 Å². The minimum atomic E-state index is -2.96. The molecule has 1 amide bonds. The molecule has 0 saturated heterocycles. The van der Waals surface area contributed by atoms with Gasteiger partial charge in [-0.3, -0.25) is 4.79 Å². The topological polar surface area (TPSA) is 56.8 Å². The van der Waals surface area contributed by atoms with Crippen LogP contribution in [-0.4, -0.2) is 32.8 Å². The zero-order valence-corrected chi connectivity index (χ0v) is 14.2. The Balaban J connectivity index is 1.60. The molecule has 26 heavy (non-hydrogen) atoms. The Labute approximate surface area is 149 Å². The fraction of sp³-hybridized carbons (Fsp3) is 0.316. The van der Waals surface area contributed by atoms with E-state index in [1.807, 2.05) is 24.3 Å². The summed E-state index contributed by atoms with van der Waals surface area (Å²) in [6.07, 6.45) is 0.820. The number of halogens is 2. The lowest BCUT2D eigenvalue weighted by Crippen LogP contribution is -2.34. The summed E-state index contributed by atoms with van der Waals surface area (Å²) in [7, 11) is 1.33. The number of carbonyl (C=O) groups excluding carboxylic acids is 1. The molecular weight excluding hydrogens is 344 g/mol. The largest absolute Gasteiger partial charge is 0.493 e. The van der Waals surface area contributed by atoms with Gasteiger partial charge < -0.3 is 19.5 Å². The molecule has 0 saturated carbocycles. The molecule has 2 aromatic carbocycles. The van der Waals surface area contributed by atoms with E-state index >= 15 is 0 Å². The number of fused-ring (bicyclic) bond motifs is 1. The van der Waals surface area contributed by atoms with Crippen LogP contribution in [0.2, 0.25) is 0 Å². The summed E-state index contributed by atoms with van der Waals surface area (Å²) in [4.78, 5) is 12.3. The van der Waals surface area contributed by atoms with E-state index in [-0.39, 0.29) is 23.3 Å². The maximum Gasteiger partial charge on any atom is 0.387 e. The van der Waals surface area contributed by atoms with Crippen molar-refractivity contribution in [3.05, 3.63) is 53.6 Å². The first-order valence-electron chi connectivity index (χ1n) is 8.18. The monoisotopic (exact) mass is 363 g/mol. The Morgan fingerprint density at radius 1 is 1.27 bits per heavy atom. The van der Waals surface area contributed by atoms with Crippen molar-refractivity contribution in [2.75, 3.05) is 20.3 Å². The number of para-hydroxylation sites is 1. The third kappa shape index (κ3) is 4.22. The smallest absolute Gasteiger partial charge is 0.387 e. The van der Waals surface area contributed by atoms with Crippen LogP contribution in [0.15, 0.2) is 42.5 Å². The second kappa shape index (κ2) is 8.03. The first-order chi connectivity index (χ1) is 12.6. The predicted octanol–water partition coefficient (Wildman–Crippen LogP) is 3.28. The third-order valence-electron chi connectivity index (χ3n) is 4.15. The van der Waals surface area contributed by atoms with Gasteiger partial charge in [0.25, 0.3) is 5.91 Å². The lowest BCUT2D eigenvalue weighted by Gasteiger charge is -2.25. The first-order valence-corrected chi connectivity index (χ1v) is 8.18. The zero-order chi connectivity index (χ0) is 18.5. The third-order valence-corrected chi connectivity index (χ3v) is 4.15. The van der Waals surface area contributed by atoms with Gasteiger partial charge in [0.15, 0.2) is 11.5 Å². The summed E-state index contributed by atoms with van der Waals surface area (Å²) >= 11 is 0. The number of ether oxygens (including phenoxy) is 3. The Morgan fingerprint density at radius 2 is 2.08 bits per heavy atom. The van der Waals surface area contributed by atoms with Crippen molar-refractivity contribution in [3.8, 4) is 17.2 Å². The van der Waals surface area contributed by atoms with Crippen LogP contribution >= 0.6 is 0 Å². The summed E-state index contributed by atoms with van der Waals surface area (Å²) in [6, 6.07) is 11.9. The van der Waals surface area contributed by atoms with Gasteiger partial charge in [0.05, 0.1) is 13.7 Å². The summed E-state index contributed by atoms with van der Waals surface area (Å²) < 4.78 is 39.8. The zero-order valence-electron chi connectivity index (χ0n) is 14.2. The highest BCUT2D eigenvalue weighted by Gasteiger charge is 2.21. The molecule has 0 fully saturated rings. The number of carbonyl (C=O) groups is 1. The highest BCUT2D eigenvalue weighted by atomic mass is 19.3. The van der Waals surface area contributed by atoms with Crippen LogP contribution in [0.3, 0.4) is 0 Å². The van der Waals surface area contributed by atoms with E-state index in [1.54, 1.807) is 0 Å². The van der Waals surface area contributed by atoms with Crippen LogP contribution in [-0.2, 0) is 6.42 Å². The highest BCUT2D eigenvalue weighted by Crippen LogP contribution is 2.30. The average Bonchev–Trinajstić information content (AvgIpc) is 2.65. The Bertz CT molecular complexity index is 782. The van der Waals surface area contributed by atoms with Gasteiger partial charge in [-0.15, -0.1) is 0 Å². The lowest BCUT2D eigenvalue weighted by atomic mass is 9.96. The SMILES string of the molecule is COc1cc(C(=O)NC[C@@H]2COc3ccccc3C2)ccc1OC(F)F. The van der Waals surface area contributed by atoms with Crippen molar-refractivity contribution in [1.29, 1.82) is 0 Å². The number of benzene rings is 2. The Morgan fingerprint density at radius 3 is 2.85 bits per heavy atom. The molecule has 0 bridgehead atoms. The van der Waals surface area contributed by atoms with Crippen molar-refractivity contribution >= 4 is 5.91 Å². The molecule has 3 rings (SSSR count). The molecule has 0 aliphatic carbocycles. The fourth-order valence-corrected chi connectivity index (χ4v) is 2.86. The minimum Gasteiger partial charge on any atom is -0.493 e. The quantitative estimate of drug-likeness (QED) is 0.856. The van der Waals surface area contributed by atoms with Crippen LogP contribution in [0.1, 0.15) is 15.9 Å². The molecule has 1 aliphatic rings. The summed E-state index contributed by atoms with van der Waals surface area (Å²) in [5, 5.41) is 2.85. The Kier molecular flexibility index (Phi) is 5.55. The van der Waals surface area contributed by atoms with Gasteiger partial charge in [-0.25, -0.2) is 0 Å². The molecule has 1 N–H and O–H groups in total. The number of nitrogens with one attached hydrogen (secondary N) is 1. The van der Waals surface area contributed by atoms with Gasteiger partial charge in [0.1, 0.15) is 5.75 Å². The van der Waals surface area contributed by atoms with Gasteiger partial charge in [-0.05, 0) is 36.2 Å². The van der Waals surface area contributed by atoms with Crippen molar-refractivity contribution in [1.82, 2.24) is 5.32 Å². The van der Waals surface area contributed by atoms with E-state index in [0.717, 1.165) is 17.7 Å². The number of hydrogen-bond donors (Lipinski definition) is 1. The van der Waals surface area contributed by atoms with Crippen molar-refractivity contribution < 1.29 is 27.8 Å². The van der Waals surface area contributed by atoms with Crippen molar-refractivity contribution in [2.45, 2.75) is 13.0 Å². The van der Waals surface area contributed by atoms with Gasteiger partial charge in [0, 0.05) is 18.0 Å². The molecular formula is C19H19F2NO4. The maximum atomic E-state index is 12.4. The molecule has 1 atom stereocenters. The van der Waals surface area contributed by atoms with Crippen LogP contribution in [0.5, 0.6) is 17.2 Å². The molecule has 0 aromatic heterocycles. The lowest BCUT2D eigenvalue weighted by molar-refractivity contribution is -0.0512. The molecule has 0 unspecified atom stereocenters. The number of methoxy groups -OCH3 is 1. The van der Waals surface area contributed by atoms with E-state index in [2.05, 4.69) is 10.1 Å². The van der Waals surface area contributed by atoms with Crippen molar-refractivity contribution in [3.63, 3.8) is 0 Å². The van der Waals surface area contributed by atoms with E-state index < -0.39 is 6.61 Å². The molecule has 1 heterocycles. The van der Waals surface area contributed by atoms with Crippen molar-refractivity contribution in [2.24, 2.45) is 5.92 Å². The Hall–Kier alpha value is -2.83. The number of hydrogen-bond acceptors (Lipinski definition) is 4. The first kappa shape index (κ1) is 18.0. The van der Waals surface area contributed by atoms with E-state index in [1.165, 1.54) is 25.3 Å². The van der Waals surface area contributed by atoms with E-state index in [4.69, 9.17) is 9.47 Å². The van der Waals surface area contributed by atoms with Gasteiger partial charge >= 0.3 is 6.61 Å². The van der Waals surface area contributed by atoms with Gasteiger partial charge in [-0.1, -0.05) is 18.2 Å². The molecule has 5 nitrogen and oxygen atoms in total. The number of rotatable bonds is 6. The number of alkyl halides is 2. The molecule has 2 aromatic rings. The molecule has 7 heteroatoms. The van der Waals surface area contributed by atoms with E-state index in [0.29, 0.717) is 18.7 Å². The highest BCUT2D eigenvalue weighted by molar-refractivity contribution is 5.94. The maximum absolute atomic E-state index is 12.4. The van der Waals surface area contributed by atoms with Crippen LogP contribution in [0.4, 0.5) is 8.78 Å². The second-order valence-corrected chi connectivity index (χ2v) is 5.94. The summed E-state index contributed by atoms with van der Waals surface area (Å²) in [5.74, 6) is 0.696. The minimum absolute atomic E-state index is 0.0767. The van der Waals surface area contributed by atoms with Gasteiger partial charge in [-0.2, -0.15) is 8.78 Å². The summed E-state index contributed by atoms with van der Waals surface area (Å²) in [5.41, 5.74) is 1.42. The van der Waals surface area contributed by atoms with Crippen LogP contribution in [0.25, 0.3) is 0 Å². The van der Waals surface area contributed by atoms with E-state index in [9.17, 15) is 13.6 Å². The predicted molar refractivity (Wildman–Crippen MR) is 91.1 cm³/mol. The number of amides is 1. The molecule has 0 radical (unpaired) electrons. The molecule has 1 aliphatic heterocycles. The normalized spacial score (nSPS) is 15.8. The molecule has 138 valence electrons. The average molecular weight is 363 g/mol. The molecule has 0 spiro atoms. The van der Waals surface area contributed by atoms with Gasteiger partial charge in [0.2, 0.25) is 0 Å². The van der Waals surface area contributed by atoms with Crippen LogP contribution < -0.4 is 19.5 Å². The fourth-order valence-electron chi connectivity index (χ4n) is 2.86. The second-order valence-electron chi connectivity index (χ2n) is 5.94. The summed E-state index contributed by atoms with van der Waals surface area (Å²) in [6.45, 7) is -1.98. The standard InChI is InChI=1S/C19H19F2NO4/c1-24-17-9-14(6-7-16(17)26-19(20)21)18(23)22-10-12-8-13-4-2-3-5-15(13)25-11-12/h2-7,9,12,19H,8,10-11H2,1H3,(H,22,23)/t12-/m1/s1.